The van der Waals surface area contributed by atoms with E-state index < -0.39 is 0 Å². The third kappa shape index (κ3) is 6.66. The van der Waals surface area contributed by atoms with Crippen molar-refractivity contribution in [1.82, 2.24) is 4.90 Å². The number of hydrogen-bond donors (Lipinski definition) is 0. The molecule has 2 rings (SSSR count). The second kappa shape index (κ2) is 12.9. The van der Waals surface area contributed by atoms with Crippen LogP contribution in [0.5, 0.6) is 0 Å². The first-order chi connectivity index (χ1) is 14.5. The normalized spacial score (nSPS) is 15.4. The van der Waals surface area contributed by atoms with Crippen LogP contribution >= 0.6 is 11.3 Å². The summed E-state index contributed by atoms with van der Waals surface area (Å²) >= 11 is 1.58. The average Bonchev–Trinajstić information content (AvgIpc) is 3.33. The molecule has 1 aliphatic rings. The summed E-state index contributed by atoms with van der Waals surface area (Å²) < 4.78 is 0. The first kappa shape index (κ1) is 24.6. The van der Waals surface area contributed by atoms with Crippen LogP contribution < -0.4 is 0 Å². The molecule has 2 heterocycles. The SMILES string of the molecule is C=C1C(=O)N(CC(CCCCC)CCCCCCCC)C(c2cccs2)=C1C(C)=O. The maximum atomic E-state index is 13.1. The van der Waals surface area contributed by atoms with Crippen LogP contribution in [0.2, 0.25) is 0 Å². The Bertz CT molecular complexity index is 732. The van der Waals surface area contributed by atoms with E-state index in [1.54, 1.807) is 18.3 Å². The summed E-state index contributed by atoms with van der Waals surface area (Å²) in [5.74, 6) is 0.311. The molecule has 30 heavy (non-hydrogen) atoms. The van der Waals surface area contributed by atoms with Crippen LogP contribution in [0, 0.1) is 5.92 Å². The molecule has 4 heteroatoms. The number of carbonyl (C=O) groups excluding carboxylic acids is 2. The third-order valence-electron chi connectivity index (χ3n) is 6.04. The van der Waals surface area contributed by atoms with E-state index in [9.17, 15) is 9.59 Å². The molecule has 3 nitrogen and oxygen atoms in total. The molecule has 0 saturated heterocycles. The van der Waals surface area contributed by atoms with Gasteiger partial charge in [-0.15, -0.1) is 11.3 Å². The van der Waals surface area contributed by atoms with Crippen molar-refractivity contribution in [2.75, 3.05) is 6.54 Å². The number of carbonyl (C=O) groups is 2. The van der Waals surface area contributed by atoms with Crippen molar-refractivity contribution in [2.45, 2.75) is 91.4 Å². The van der Waals surface area contributed by atoms with E-state index >= 15 is 0 Å². The lowest BCUT2D eigenvalue weighted by atomic mass is 9.93. The molecule has 0 saturated carbocycles. The summed E-state index contributed by atoms with van der Waals surface area (Å²) in [7, 11) is 0. The van der Waals surface area contributed by atoms with E-state index in [0.29, 0.717) is 23.6 Å². The van der Waals surface area contributed by atoms with Gasteiger partial charge in [-0.25, -0.2) is 0 Å². The van der Waals surface area contributed by atoms with E-state index in [0.717, 1.165) is 23.4 Å². The highest BCUT2D eigenvalue weighted by molar-refractivity contribution is 7.11. The lowest BCUT2D eigenvalue weighted by Crippen LogP contribution is -2.31. The van der Waals surface area contributed by atoms with Gasteiger partial charge in [0.25, 0.3) is 5.91 Å². The second-order valence-electron chi connectivity index (χ2n) is 8.57. The molecule has 0 aliphatic carbocycles. The topological polar surface area (TPSA) is 37.4 Å². The molecule has 1 aliphatic heterocycles. The number of nitrogens with zero attached hydrogens (tertiary/aromatic N) is 1. The zero-order valence-corrected chi connectivity index (χ0v) is 20.0. The fraction of sp³-hybridized carbons (Fsp3) is 0.615. The van der Waals surface area contributed by atoms with Gasteiger partial charge in [-0.1, -0.05) is 84.3 Å². The minimum atomic E-state index is -0.0907. The van der Waals surface area contributed by atoms with Crippen molar-refractivity contribution >= 4 is 28.7 Å². The maximum Gasteiger partial charge on any atom is 0.258 e. The molecule has 0 radical (unpaired) electrons. The summed E-state index contributed by atoms with van der Waals surface area (Å²) in [5.41, 5.74) is 1.66. The molecule has 1 unspecified atom stereocenters. The number of amides is 1. The molecule has 0 bridgehead atoms. The first-order valence-corrected chi connectivity index (χ1v) is 12.7. The van der Waals surface area contributed by atoms with Crippen molar-refractivity contribution in [3.63, 3.8) is 0 Å². The van der Waals surface area contributed by atoms with Gasteiger partial charge in [0, 0.05) is 12.1 Å². The van der Waals surface area contributed by atoms with Crippen molar-refractivity contribution in [3.8, 4) is 0 Å². The average molecular weight is 430 g/mol. The highest BCUT2D eigenvalue weighted by Crippen LogP contribution is 2.39. The Labute approximate surface area is 187 Å². The Morgan fingerprint density at radius 3 is 2.23 bits per heavy atom. The van der Waals surface area contributed by atoms with Crippen LogP contribution in [0.15, 0.2) is 35.2 Å². The van der Waals surface area contributed by atoms with Crippen molar-refractivity contribution in [2.24, 2.45) is 5.92 Å². The molecule has 0 spiro atoms. The molecule has 0 N–H and O–H groups in total. The summed E-state index contributed by atoms with van der Waals surface area (Å²) in [6, 6.07) is 3.98. The monoisotopic (exact) mass is 429 g/mol. The number of thiophene rings is 1. The maximum absolute atomic E-state index is 13.1. The number of unbranched alkanes of at least 4 members (excludes halogenated alkanes) is 7. The van der Waals surface area contributed by atoms with Crippen LogP contribution in [-0.2, 0) is 9.59 Å². The van der Waals surface area contributed by atoms with E-state index in [1.165, 1.54) is 57.8 Å². The Hall–Kier alpha value is -1.68. The summed E-state index contributed by atoms with van der Waals surface area (Å²) in [4.78, 5) is 28.3. The highest BCUT2D eigenvalue weighted by Gasteiger charge is 2.37. The third-order valence-corrected chi connectivity index (χ3v) is 6.92. The minimum absolute atomic E-state index is 0.0716. The Morgan fingerprint density at radius 2 is 1.63 bits per heavy atom. The van der Waals surface area contributed by atoms with E-state index in [1.807, 2.05) is 22.4 Å². The standard InChI is InChI=1S/C26H39NO2S/c1-5-7-9-10-11-13-16-22(15-12-8-6-2)19-27-25(23-17-14-18-30-23)24(21(4)28)20(3)26(27)29/h14,17-18,22H,3,5-13,15-16,19H2,1-2,4H3. The fourth-order valence-corrected chi connectivity index (χ4v) is 5.14. The zero-order chi connectivity index (χ0) is 21.9. The quantitative estimate of drug-likeness (QED) is 0.215. The second-order valence-corrected chi connectivity index (χ2v) is 9.52. The van der Waals surface area contributed by atoms with Gasteiger partial charge >= 0.3 is 0 Å². The molecule has 1 aromatic heterocycles. The predicted octanol–water partition coefficient (Wildman–Crippen LogP) is 7.39. The van der Waals surface area contributed by atoms with Crippen LogP contribution in [0.4, 0.5) is 0 Å². The Balaban J connectivity index is 2.13. The van der Waals surface area contributed by atoms with Gasteiger partial charge in [-0.05, 0) is 37.1 Å². The summed E-state index contributed by atoms with van der Waals surface area (Å²) in [5, 5.41) is 2.00. The number of rotatable bonds is 15. The lowest BCUT2D eigenvalue weighted by Gasteiger charge is -2.26. The molecular formula is C26H39NO2S. The van der Waals surface area contributed by atoms with Crippen molar-refractivity contribution in [3.05, 3.63) is 40.1 Å². The molecule has 0 fully saturated rings. The van der Waals surface area contributed by atoms with Gasteiger partial charge in [0.05, 0.1) is 16.1 Å². The smallest absolute Gasteiger partial charge is 0.258 e. The largest absolute Gasteiger partial charge is 0.306 e. The van der Waals surface area contributed by atoms with E-state index in [4.69, 9.17) is 0 Å². The molecule has 166 valence electrons. The van der Waals surface area contributed by atoms with Crippen LogP contribution in [0.1, 0.15) is 96.3 Å². The van der Waals surface area contributed by atoms with E-state index in [-0.39, 0.29) is 11.7 Å². The van der Waals surface area contributed by atoms with Crippen LogP contribution in [0.3, 0.4) is 0 Å². The number of hydrogen-bond acceptors (Lipinski definition) is 3. The summed E-state index contributed by atoms with van der Waals surface area (Å²) in [6.45, 7) is 10.7. The van der Waals surface area contributed by atoms with Crippen molar-refractivity contribution in [1.29, 1.82) is 0 Å². The number of Topliss-reactive ketones (excluding diaryl/α,β-unsaturated/α-hetero) is 1. The predicted molar refractivity (Wildman–Crippen MR) is 128 cm³/mol. The molecule has 0 aromatic carbocycles. The first-order valence-electron chi connectivity index (χ1n) is 11.8. The highest BCUT2D eigenvalue weighted by atomic mass is 32.1. The minimum Gasteiger partial charge on any atom is -0.306 e. The molecule has 1 aromatic rings. The van der Waals surface area contributed by atoms with Crippen LogP contribution in [0.25, 0.3) is 5.70 Å². The molecule has 1 atom stereocenters. The Morgan fingerprint density at radius 1 is 1.03 bits per heavy atom. The number of ketones is 1. The zero-order valence-electron chi connectivity index (χ0n) is 19.2. The van der Waals surface area contributed by atoms with Crippen LogP contribution in [-0.4, -0.2) is 23.1 Å². The van der Waals surface area contributed by atoms with Gasteiger partial charge in [0.2, 0.25) is 0 Å². The Kier molecular flexibility index (Phi) is 10.6. The van der Waals surface area contributed by atoms with E-state index in [2.05, 4.69) is 20.4 Å². The molecular weight excluding hydrogens is 390 g/mol. The van der Waals surface area contributed by atoms with Gasteiger partial charge < -0.3 is 4.90 Å². The van der Waals surface area contributed by atoms with Crippen molar-refractivity contribution < 1.29 is 9.59 Å². The fourth-order valence-electron chi connectivity index (χ4n) is 4.35. The molecule has 1 amide bonds. The van der Waals surface area contributed by atoms with Gasteiger partial charge in [0.15, 0.2) is 5.78 Å². The van der Waals surface area contributed by atoms with Gasteiger partial charge in [-0.2, -0.15) is 0 Å². The van der Waals surface area contributed by atoms with Gasteiger partial charge in [0.1, 0.15) is 0 Å². The summed E-state index contributed by atoms with van der Waals surface area (Å²) in [6.07, 6.45) is 13.7. The van der Waals surface area contributed by atoms with Gasteiger partial charge in [-0.3, -0.25) is 9.59 Å². The lowest BCUT2D eigenvalue weighted by molar-refractivity contribution is -0.123.